The Balaban J connectivity index is 1.52. The van der Waals surface area contributed by atoms with E-state index in [2.05, 4.69) is 15.5 Å². The van der Waals surface area contributed by atoms with Crippen molar-refractivity contribution >= 4 is 23.0 Å². The molecule has 25 heavy (non-hydrogen) atoms. The van der Waals surface area contributed by atoms with Gasteiger partial charge in [-0.3, -0.25) is 9.69 Å². The molecule has 0 bridgehead atoms. The number of azo groups is 1. The Bertz CT molecular complexity index is 716. The zero-order valence-corrected chi connectivity index (χ0v) is 14.0. The molecule has 3 rings (SSSR count). The van der Waals surface area contributed by atoms with Gasteiger partial charge in [-0.1, -0.05) is 18.2 Å². The van der Waals surface area contributed by atoms with Crippen molar-refractivity contribution in [2.45, 2.75) is 18.9 Å². The minimum absolute atomic E-state index is 0.0761. The van der Waals surface area contributed by atoms with E-state index < -0.39 is 0 Å². The molecule has 0 aromatic heterocycles. The van der Waals surface area contributed by atoms with Crippen molar-refractivity contribution in [3.05, 3.63) is 54.6 Å². The second kappa shape index (κ2) is 8.50. The van der Waals surface area contributed by atoms with Gasteiger partial charge in [0.1, 0.15) is 0 Å². The highest BCUT2D eigenvalue weighted by Gasteiger charge is 2.19. The van der Waals surface area contributed by atoms with Gasteiger partial charge in [0, 0.05) is 12.2 Å². The summed E-state index contributed by atoms with van der Waals surface area (Å²) < 4.78 is 0. The van der Waals surface area contributed by atoms with Crippen LogP contribution in [0.25, 0.3) is 0 Å². The molecule has 1 fully saturated rings. The molecule has 6 heteroatoms. The maximum atomic E-state index is 12.1. The van der Waals surface area contributed by atoms with Gasteiger partial charge in [-0.05, 0) is 55.8 Å². The molecule has 1 heterocycles. The van der Waals surface area contributed by atoms with Gasteiger partial charge in [0.15, 0.2) is 0 Å². The molecule has 0 saturated carbocycles. The molecular formula is C19H22N4O2. The Morgan fingerprint density at radius 2 is 1.76 bits per heavy atom. The molecule has 1 unspecified atom stereocenters. The number of amides is 1. The van der Waals surface area contributed by atoms with Gasteiger partial charge in [-0.15, -0.1) is 0 Å². The predicted molar refractivity (Wildman–Crippen MR) is 97.4 cm³/mol. The normalized spacial score (nSPS) is 18.4. The van der Waals surface area contributed by atoms with E-state index in [4.69, 9.17) is 0 Å². The van der Waals surface area contributed by atoms with Crippen LogP contribution in [0.4, 0.5) is 17.1 Å². The Labute approximate surface area is 147 Å². The van der Waals surface area contributed by atoms with Gasteiger partial charge in [0.2, 0.25) is 5.91 Å². The molecule has 1 atom stereocenters. The van der Waals surface area contributed by atoms with Crippen LogP contribution in [0.15, 0.2) is 64.8 Å². The Morgan fingerprint density at radius 3 is 2.44 bits per heavy atom. The summed E-state index contributed by atoms with van der Waals surface area (Å²) in [5.41, 5.74) is 2.24. The number of β-amino-alcohol motifs (C(OH)–C–C–N with tert-alkyl or cyclic N) is 1. The van der Waals surface area contributed by atoms with Crippen LogP contribution in [0.5, 0.6) is 0 Å². The molecule has 2 N–H and O–H groups in total. The summed E-state index contributed by atoms with van der Waals surface area (Å²) in [5, 5.41) is 20.9. The predicted octanol–water partition coefficient (Wildman–Crippen LogP) is 3.50. The average molecular weight is 338 g/mol. The molecular weight excluding hydrogens is 316 g/mol. The lowest BCUT2D eigenvalue weighted by molar-refractivity contribution is -0.118. The molecule has 1 aliphatic rings. The fourth-order valence-electron chi connectivity index (χ4n) is 2.80. The van der Waals surface area contributed by atoms with E-state index in [0.29, 0.717) is 13.1 Å². The van der Waals surface area contributed by atoms with Crippen LogP contribution in [-0.4, -0.2) is 41.7 Å². The number of hydrogen-bond acceptors (Lipinski definition) is 5. The molecule has 1 saturated heterocycles. The van der Waals surface area contributed by atoms with Crippen LogP contribution in [-0.2, 0) is 4.79 Å². The van der Waals surface area contributed by atoms with Gasteiger partial charge < -0.3 is 10.4 Å². The van der Waals surface area contributed by atoms with E-state index in [1.807, 2.05) is 59.5 Å². The minimum Gasteiger partial charge on any atom is -0.392 e. The first-order valence-corrected chi connectivity index (χ1v) is 8.46. The number of carbonyl (C=O) groups is 1. The lowest BCUT2D eigenvalue weighted by atomic mass is 10.1. The number of benzene rings is 2. The van der Waals surface area contributed by atoms with Gasteiger partial charge in [-0.25, -0.2) is 0 Å². The topological polar surface area (TPSA) is 77.3 Å². The van der Waals surface area contributed by atoms with E-state index in [0.717, 1.165) is 36.4 Å². The first-order chi connectivity index (χ1) is 12.2. The van der Waals surface area contributed by atoms with Crippen molar-refractivity contribution in [1.29, 1.82) is 0 Å². The highest BCUT2D eigenvalue weighted by atomic mass is 16.3. The molecule has 2 aromatic carbocycles. The monoisotopic (exact) mass is 338 g/mol. The minimum atomic E-state index is -0.323. The van der Waals surface area contributed by atoms with Crippen molar-refractivity contribution in [1.82, 2.24) is 4.90 Å². The van der Waals surface area contributed by atoms with Crippen LogP contribution in [0.3, 0.4) is 0 Å². The molecule has 0 radical (unpaired) electrons. The van der Waals surface area contributed by atoms with Crippen molar-refractivity contribution in [3.63, 3.8) is 0 Å². The number of likely N-dealkylation sites (tertiary alicyclic amines) is 1. The molecule has 1 amide bonds. The zero-order chi connectivity index (χ0) is 17.5. The first kappa shape index (κ1) is 17.3. The van der Waals surface area contributed by atoms with Crippen LogP contribution in [0.1, 0.15) is 12.8 Å². The van der Waals surface area contributed by atoms with Crippen molar-refractivity contribution in [2.75, 3.05) is 25.0 Å². The number of aliphatic hydroxyl groups excluding tert-OH is 1. The summed E-state index contributed by atoms with van der Waals surface area (Å²) >= 11 is 0. The summed E-state index contributed by atoms with van der Waals surface area (Å²) in [5.74, 6) is -0.0761. The van der Waals surface area contributed by atoms with Gasteiger partial charge >= 0.3 is 0 Å². The number of rotatable bonds is 5. The first-order valence-electron chi connectivity index (χ1n) is 8.46. The largest absolute Gasteiger partial charge is 0.392 e. The summed E-state index contributed by atoms with van der Waals surface area (Å²) in [6.07, 6.45) is 1.42. The van der Waals surface area contributed by atoms with Crippen LogP contribution >= 0.6 is 0 Å². The summed E-state index contributed by atoms with van der Waals surface area (Å²) in [6.45, 7) is 1.71. The molecule has 130 valence electrons. The summed E-state index contributed by atoms with van der Waals surface area (Å²) in [7, 11) is 0. The number of nitrogens with zero attached hydrogens (tertiary/aromatic N) is 3. The Hall–Kier alpha value is -2.57. The quantitative estimate of drug-likeness (QED) is 0.819. The Kier molecular flexibility index (Phi) is 5.87. The van der Waals surface area contributed by atoms with E-state index in [9.17, 15) is 9.90 Å². The molecule has 6 nitrogen and oxygen atoms in total. The van der Waals surface area contributed by atoms with Crippen LogP contribution in [0.2, 0.25) is 0 Å². The van der Waals surface area contributed by atoms with Gasteiger partial charge in [0.05, 0.1) is 24.0 Å². The zero-order valence-electron chi connectivity index (χ0n) is 14.0. The van der Waals surface area contributed by atoms with Crippen LogP contribution in [0, 0.1) is 0 Å². The molecule has 0 aliphatic carbocycles. The second-order valence-corrected chi connectivity index (χ2v) is 6.16. The van der Waals surface area contributed by atoms with Gasteiger partial charge in [-0.2, -0.15) is 10.2 Å². The maximum Gasteiger partial charge on any atom is 0.238 e. The second-order valence-electron chi connectivity index (χ2n) is 6.16. The number of aliphatic hydroxyl groups is 1. The lowest BCUT2D eigenvalue weighted by Gasteiger charge is -2.29. The highest BCUT2D eigenvalue weighted by molar-refractivity contribution is 5.92. The SMILES string of the molecule is O=C(CN1CCCC(O)C1)Nc1ccc(N=Nc2ccccc2)cc1. The van der Waals surface area contributed by atoms with E-state index in [-0.39, 0.29) is 12.0 Å². The van der Waals surface area contributed by atoms with E-state index >= 15 is 0 Å². The summed E-state index contributed by atoms with van der Waals surface area (Å²) in [6, 6.07) is 16.8. The average Bonchev–Trinajstić information content (AvgIpc) is 2.62. The standard InChI is InChI=1S/C19H22N4O2/c24-18-7-4-12-23(13-18)14-19(25)20-15-8-10-17(11-9-15)22-21-16-5-2-1-3-6-16/h1-3,5-6,8-11,18,24H,4,7,12-14H2,(H,20,25). The molecule has 1 aliphatic heterocycles. The fourth-order valence-corrected chi connectivity index (χ4v) is 2.80. The van der Waals surface area contributed by atoms with Crippen molar-refractivity contribution in [2.24, 2.45) is 10.2 Å². The molecule has 2 aromatic rings. The van der Waals surface area contributed by atoms with E-state index in [1.165, 1.54) is 0 Å². The number of carbonyl (C=O) groups excluding carboxylic acids is 1. The molecule has 0 spiro atoms. The third-order valence-corrected chi connectivity index (χ3v) is 4.04. The fraction of sp³-hybridized carbons (Fsp3) is 0.316. The number of hydrogen-bond donors (Lipinski definition) is 2. The third-order valence-electron chi connectivity index (χ3n) is 4.04. The van der Waals surface area contributed by atoms with E-state index in [1.54, 1.807) is 0 Å². The summed E-state index contributed by atoms with van der Waals surface area (Å²) in [4.78, 5) is 14.1. The Morgan fingerprint density at radius 1 is 1.08 bits per heavy atom. The third kappa shape index (κ3) is 5.48. The van der Waals surface area contributed by atoms with Crippen molar-refractivity contribution in [3.8, 4) is 0 Å². The van der Waals surface area contributed by atoms with Gasteiger partial charge in [0.25, 0.3) is 0 Å². The smallest absolute Gasteiger partial charge is 0.238 e. The maximum absolute atomic E-state index is 12.1. The van der Waals surface area contributed by atoms with Crippen LogP contribution < -0.4 is 5.32 Å². The highest BCUT2D eigenvalue weighted by Crippen LogP contribution is 2.20. The number of anilines is 1. The lowest BCUT2D eigenvalue weighted by Crippen LogP contribution is -2.42. The number of piperidine rings is 1. The number of nitrogens with one attached hydrogen (secondary N) is 1. The van der Waals surface area contributed by atoms with Crippen molar-refractivity contribution < 1.29 is 9.90 Å².